The van der Waals surface area contributed by atoms with E-state index in [2.05, 4.69) is 5.32 Å². The lowest BCUT2D eigenvalue weighted by atomic mass is 10.2. The van der Waals surface area contributed by atoms with Gasteiger partial charge in [0, 0.05) is 23.8 Å². The minimum Gasteiger partial charge on any atom is -0.395 e. The summed E-state index contributed by atoms with van der Waals surface area (Å²) in [6.45, 7) is 1.90. The van der Waals surface area contributed by atoms with Crippen molar-refractivity contribution in [3.63, 3.8) is 0 Å². The van der Waals surface area contributed by atoms with Gasteiger partial charge < -0.3 is 20.4 Å². The van der Waals surface area contributed by atoms with Gasteiger partial charge in [-0.1, -0.05) is 17.7 Å². The van der Waals surface area contributed by atoms with E-state index >= 15 is 0 Å². The molecule has 0 aliphatic carbocycles. The summed E-state index contributed by atoms with van der Waals surface area (Å²) in [5.74, 6) is 0. The summed E-state index contributed by atoms with van der Waals surface area (Å²) in [6.07, 6.45) is 0. The third-order valence-corrected chi connectivity index (χ3v) is 2.70. The number of nitrogens with one attached hydrogen (secondary N) is 1. The number of hydrogen-bond acceptors (Lipinski definition) is 3. The maximum absolute atomic E-state index is 11.9. The molecule has 18 heavy (non-hydrogen) atoms. The molecule has 0 spiro atoms. The molecule has 0 aromatic heterocycles. The first kappa shape index (κ1) is 14.8. The largest absolute Gasteiger partial charge is 0.395 e. The van der Waals surface area contributed by atoms with Crippen LogP contribution in [0.5, 0.6) is 0 Å². The van der Waals surface area contributed by atoms with E-state index in [0.717, 1.165) is 5.56 Å². The van der Waals surface area contributed by atoms with Crippen LogP contribution in [0.15, 0.2) is 18.2 Å². The van der Waals surface area contributed by atoms with Crippen LogP contribution in [-0.4, -0.2) is 47.4 Å². The van der Waals surface area contributed by atoms with Crippen molar-refractivity contribution in [1.29, 1.82) is 0 Å². The van der Waals surface area contributed by atoms with E-state index in [-0.39, 0.29) is 32.3 Å². The predicted molar refractivity (Wildman–Crippen MR) is 71.0 cm³/mol. The number of carbonyl (C=O) groups excluding carboxylic acids is 1. The van der Waals surface area contributed by atoms with E-state index in [0.29, 0.717) is 10.7 Å². The number of anilines is 1. The molecular weight excluding hydrogens is 256 g/mol. The molecule has 0 aliphatic heterocycles. The van der Waals surface area contributed by atoms with Gasteiger partial charge in [0.1, 0.15) is 0 Å². The Morgan fingerprint density at radius 3 is 2.50 bits per heavy atom. The first-order valence-electron chi connectivity index (χ1n) is 5.62. The zero-order valence-electron chi connectivity index (χ0n) is 10.2. The van der Waals surface area contributed by atoms with Crippen LogP contribution in [0.25, 0.3) is 0 Å². The molecular formula is C12H17ClN2O3. The van der Waals surface area contributed by atoms with Gasteiger partial charge in [-0.05, 0) is 24.6 Å². The van der Waals surface area contributed by atoms with Gasteiger partial charge in [0.2, 0.25) is 0 Å². The Labute approximate surface area is 111 Å². The van der Waals surface area contributed by atoms with E-state index in [1.54, 1.807) is 18.2 Å². The van der Waals surface area contributed by atoms with Gasteiger partial charge >= 0.3 is 6.03 Å². The van der Waals surface area contributed by atoms with Crippen LogP contribution in [0.3, 0.4) is 0 Å². The van der Waals surface area contributed by atoms with Gasteiger partial charge in [-0.15, -0.1) is 0 Å². The summed E-state index contributed by atoms with van der Waals surface area (Å²) < 4.78 is 0. The van der Waals surface area contributed by atoms with Crippen molar-refractivity contribution in [2.24, 2.45) is 0 Å². The van der Waals surface area contributed by atoms with Gasteiger partial charge in [-0.25, -0.2) is 4.79 Å². The van der Waals surface area contributed by atoms with E-state index in [4.69, 9.17) is 21.8 Å². The lowest BCUT2D eigenvalue weighted by Gasteiger charge is -2.21. The Morgan fingerprint density at radius 2 is 1.94 bits per heavy atom. The molecule has 1 rings (SSSR count). The molecule has 1 aromatic rings. The van der Waals surface area contributed by atoms with Crippen LogP contribution in [0.2, 0.25) is 5.02 Å². The summed E-state index contributed by atoms with van der Waals surface area (Å²) in [4.78, 5) is 13.2. The molecule has 5 nitrogen and oxygen atoms in total. The highest BCUT2D eigenvalue weighted by molar-refractivity contribution is 6.31. The number of carbonyl (C=O) groups is 1. The van der Waals surface area contributed by atoms with Crippen molar-refractivity contribution in [3.05, 3.63) is 28.8 Å². The van der Waals surface area contributed by atoms with Gasteiger partial charge in [-0.3, -0.25) is 0 Å². The fourth-order valence-electron chi connectivity index (χ4n) is 1.48. The summed E-state index contributed by atoms with van der Waals surface area (Å²) in [6, 6.07) is 4.83. The number of nitrogens with zero attached hydrogens (tertiary/aromatic N) is 1. The molecule has 100 valence electrons. The highest BCUT2D eigenvalue weighted by Gasteiger charge is 2.13. The van der Waals surface area contributed by atoms with Crippen molar-refractivity contribution >= 4 is 23.3 Å². The lowest BCUT2D eigenvalue weighted by Crippen LogP contribution is -2.39. The van der Waals surface area contributed by atoms with Crippen molar-refractivity contribution < 1.29 is 15.0 Å². The van der Waals surface area contributed by atoms with Crippen molar-refractivity contribution in [2.45, 2.75) is 6.92 Å². The number of hydrogen-bond donors (Lipinski definition) is 3. The van der Waals surface area contributed by atoms with Crippen LogP contribution in [0, 0.1) is 6.92 Å². The molecule has 0 saturated carbocycles. The molecule has 1 aromatic carbocycles. The van der Waals surface area contributed by atoms with Gasteiger partial charge in [0.15, 0.2) is 0 Å². The summed E-state index contributed by atoms with van der Waals surface area (Å²) in [7, 11) is 0. The fourth-order valence-corrected chi connectivity index (χ4v) is 1.65. The van der Waals surface area contributed by atoms with Crippen molar-refractivity contribution in [3.8, 4) is 0 Å². The summed E-state index contributed by atoms with van der Waals surface area (Å²) in [5.41, 5.74) is 1.51. The monoisotopic (exact) mass is 272 g/mol. The van der Waals surface area contributed by atoms with E-state index in [9.17, 15) is 4.79 Å². The van der Waals surface area contributed by atoms with Crippen LogP contribution in [0.4, 0.5) is 10.5 Å². The van der Waals surface area contributed by atoms with E-state index in [1.165, 1.54) is 4.90 Å². The van der Waals surface area contributed by atoms with E-state index < -0.39 is 0 Å². The normalized spacial score (nSPS) is 10.2. The van der Waals surface area contributed by atoms with E-state index in [1.807, 2.05) is 6.92 Å². The zero-order chi connectivity index (χ0) is 13.5. The number of aliphatic hydroxyl groups excluding tert-OH is 2. The van der Waals surface area contributed by atoms with Crippen molar-refractivity contribution in [1.82, 2.24) is 4.90 Å². The van der Waals surface area contributed by atoms with Crippen LogP contribution in [-0.2, 0) is 0 Å². The summed E-state index contributed by atoms with van der Waals surface area (Å²) >= 11 is 5.86. The molecule has 0 fully saturated rings. The maximum atomic E-state index is 11.9. The molecule has 0 unspecified atom stereocenters. The predicted octanol–water partition coefficient (Wildman–Crippen LogP) is 1.47. The Morgan fingerprint density at radius 1 is 1.33 bits per heavy atom. The number of halogens is 1. The lowest BCUT2D eigenvalue weighted by molar-refractivity contribution is 0.167. The molecule has 3 N–H and O–H groups in total. The third-order valence-electron chi connectivity index (χ3n) is 2.47. The van der Waals surface area contributed by atoms with Gasteiger partial charge in [0.25, 0.3) is 0 Å². The molecule has 0 aliphatic rings. The van der Waals surface area contributed by atoms with Crippen LogP contribution in [0.1, 0.15) is 5.56 Å². The van der Waals surface area contributed by atoms with Gasteiger partial charge in [-0.2, -0.15) is 0 Å². The Kier molecular flexibility index (Phi) is 5.91. The highest BCUT2D eigenvalue weighted by Crippen LogP contribution is 2.20. The van der Waals surface area contributed by atoms with Gasteiger partial charge in [0.05, 0.1) is 13.2 Å². The second kappa shape index (κ2) is 7.20. The van der Waals surface area contributed by atoms with Crippen LogP contribution >= 0.6 is 11.6 Å². The molecule has 0 bridgehead atoms. The summed E-state index contributed by atoms with van der Waals surface area (Å²) in [5, 5.41) is 20.9. The minimum absolute atomic E-state index is 0.151. The fraction of sp³-hybridized carbons (Fsp3) is 0.417. The average molecular weight is 273 g/mol. The standard InChI is InChI=1S/C12H17ClN2O3/c1-9-2-3-10(13)8-11(9)14-12(18)15(4-6-16)5-7-17/h2-3,8,16-17H,4-7H2,1H3,(H,14,18). The second-order valence-corrected chi connectivity index (χ2v) is 4.26. The Bertz CT molecular complexity index is 406. The molecule has 0 heterocycles. The maximum Gasteiger partial charge on any atom is 0.322 e. The minimum atomic E-state index is -0.372. The molecule has 0 radical (unpaired) electrons. The first-order chi connectivity index (χ1) is 8.58. The number of benzene rings is 1. The molecule has 0 saturated heterocycles. The average Bonchev–Trinajstić information content (AvgIpc) is 2.33. The smallest absolute Gasteiger partial charge is 0.322 e. The molecule has 0 atom stereocenters. The topological polar surface area (TPSA) is 72.8 Å². The molecule has 2 amide bonds. The number of aliphatic hydroxyl groups is 2. The molecule has 6 heteroatoms. The third kappa shape index (κ3) is 4.18. The first-order valence-corrected chi connectivity index (χ1v) is 6.00. The quantitative estimate of drug-likeness (QED) is 0.760. The Hall–Kier alpha value is -1.30. The number of aryl methyl sites for hydroxylation is 1. The second-order valence-electron chi connectivity index (χ2n) is 3.82. The van der Waals surface area contributed by atoms with Crippen LogP contribution < -0.4 is 5.32 Å². The number of urea groups is 1. The highest BCUT2D eigenvalue weighted by atomic mass is 35.5. The number of rotatable bonds is 5. The number of amides is 2. The zero-order valence-corrected chi connectivity index (χ0v) is 10.9. The van der Waals surface area contributed by atoms with Crippen molar-refractivity contribution in [2.75, 3.05) is 31.6 Å². The SMILES string of the molecule is Cc1ccc(Cl)cc1NC(=O)N(CCO)CCO. The Balaban J connectivity index is 2.75.